The Bertz CT molecular complexity index is 343. The molecular weight excluding hydrogens is 188 g/mol. The third kappa shape index (κ3) is 2.44. The highest BCUT2D eigenvalue weighted by atomic mass is 16.3. The number of phenolic OH excluding ortho intramolecular Hbond substituents is 2. The van der Waals surface area contributed by atoms with E-state index in [1.54, 1.807) is 0 Å². The van der Waals surface area contributed by atoms with E-state index in [1.165, 1.54) is 0 Å². The Labute approximate surface area is 91.6 Å². The van der Waals surface area contributed by atoms with E-state index >= 15 is 0 Å². The number of rotatable bonds is 4. The van der Waals surface area contributed by atoms with Crippen LogP contribution in [-0.4, -0.2) is 10.2 Å². The largest absolute Gasteiger partial charge is 0.504 e. The van der Waals surface area contributed by atoms with Gasteiger partial charge in [0, 0.05) is 5.56 Å². The van der Waals surface area contributed by atoms with Crippen LogP contribution in [0.5, 0.6) is 11.5 Å². The Hall–Kier alpha value is -1.18. The van der Waals surface area contributed by atoms with Crippen molar-refractivity contribution in [2.24, 2.45) is 0 Å². The standard InChI is InChI=1S/C13H20O2/c1-4-6-7-11-9(3)8-10(5-2)12(14)13(11)15/h8,14-15H,4-7H2,1-3H3. The molecule has 0 unspecified atom stereocenters. The lowest BCUT2D eigenvalue weighted by Gasteiger charge is -2.12. The van der Waals surface area contributed by atoms with Crippen LogP contribution < -0.4 is 0 Å². The van der Waals surface area contributed by atoms with Gasteiger partial charge in [0.1, 0.15) is 0 Å². The molecule has 84 valence electrons. The highest BCUT2D eigenvalue weighted by molar-refractivity contribution is 5.53. The number of unbranched alkanes of at least 4 members (excludes halogenated alkanes) is 1. The smallest absolute Gasteiger partial charge is 0.161 e. The van der Waals surface area contributed by atoms with Crippen LogP contribution >= 0.6 is 0 Å². The van der Waals surface area contributed by atoms with Gasteiger partial charge in [0.25, 0.3) is 0 Å². The van der Waals surface area contributed by atoms with E-state index in [-0.39, 0.29) is 11.5 Å². The molecule has 0 aliphatic carbocycles. The lowest BCUT2D eigenvalue weighted by atomic mass is 9.97. The Balaban J connectivity index is 3.11. The van der Waals surface area contributed by atoms with Crippen molar-refractivity contribution in [3.8, 4) is 11.5 Å². The van der Waals surface area contributed by atoms with Crippen molar-refractivity contribution < 1.29 is 10.2 Å². The van der Waals surface area contributed by atoms with Crippen LogP contribution in [0, 0.1) is 6.92 Å². The van der Waals surface area contributed by atoms with Gasteiger partial charge in [-0.2, -0.15) is 0 Å². The second kappa shape index (κ2) is 5.06. The minimum absolute atomic E-state index is 0.0641. The number of hydrogen-bond donors (Lipinski definition) is 2. The van der Waals surface area contributed by atoms with E-state index in [9.17, 15) is 10.2 Å². The summed E-state index contributed by atoms with van der Waals surface area (Å²) in [6.45, 7) is 6.08. The third-order valence-corrected chi connectivity index (χ3v) is 2.84. The van der Waals surface area contributed by atoms with Crippen molar-refractivity contribution in [3.63, 3.8) is 0 Å². The van der Waals surface area contributed by atoms with Gasteiger partial charge in [-0.05, 0) is 37.3 Å². The Morgan fingerprint density at radius 3 is 2.33 bits per heavy atom. The quantitative estimate of drug-likeness (QED) is 0.745. The van der Waals surface area contributed by atoms with E-state index < -0.39 is 0 Å². The molecule has 0 heterocycles. The summed E-state index contributed by atoms with van der Waals surface area (Å²) < 4.78 is 0. The van der Waals surface area contributed by atoms with Crippen molar-refractivity contribution >= 4 is 0 Å². The molecule has 1 rings (SSSR count). The van der Waals surface area contributed by atoms with Crippen LogP contribution in [0.2, 0.25) is 0 Å². The molecule has 1 aromatic rings. The number of benzene rings is 1. The summed E-state index contributed by atoms with van der Waals surface area (Å²) in [5.41, 5.74) is 2.80. The zero-order valence-corrected chi connectivity index (χ0v) is 9.80. The predicted octanol–water partition coefficient (Wildman–Crippen LogP) is 3.31. The molecule has 0 saturated carbocycles. The summed E-state index contributed by atoms with van der Waals surface area (Å²) in [6, 6.07) is 1.97. The van der Waals surface area contributed by atoms with Crippen LogP contribution in [-0.2, 0) is 12.8 Å². The zero-order valence-electron chi connectivity index (χ0n) is 9.80. The van der Waals surface area contributed by atoms with Crippen molar-refractivity contribution in [3.05, 3.63) is 22.8 Å². The SMILES string of the molecule is CCCCc1c(C)cc(CC)c(O)c1O. The molecule has 2 heteroatoms. The zero-order chi connectivity index (χ0) is 11.4. The highest BCUT2D eigenvalue weighted by Crippen LogP contribution is 2.36. The highest BCUT2D eigenvalue weighted by Gasteiger charge is 2.13. The molecule has 1 aromatic carbocycles. The maximum atomic E-state index is 9.87. The second-order valence-electron chi connectivity index (χ2n) is 3.99. The van der Waals surface area contributed by atoms with Crippen LogP contribution in [0.3, 0.4) is 0 Å². The molecule has 0 radical (unpaired) electrons. The molecule has 0 spiro atoms. The first kappa shape index (κ1) is 11.9. The maximum Gasteiger partial charge on any atom is 0.161 e. The topological polar surface area (TPSA) is 40.5 Å². The van der Waals surface area contributed by atoms with Crippen LogP contribution in [0.1, 0.15) is 43.4 Å². The first-order chi connectivity index (χ1) is 7.11. The van der Waals surface area contributed by atoms with Gasteiger partial charge in [-0.1, -0.05) is 26.3 Å². The van der Waals surface area contributed by atoms with Crippen LogP contribution in [0.15, 0.2) is 6.07 Å². The van der Waals surface area contributed by atoms with E-state index in [0.717, 1.165) is 42.4 Å². The molecule has 0 bridgehead atoms. The average Bonchev–Trinajstić information content (AvgIpc) is 2.23. The lowest BCUT2D eigenvalue weighted by Crippen LogP contribution is -1.94. The molecule has 0 aliphatic rings. The van der Waals surface area contributed by atoms with Crippen LogP contribution in [0.4, 0.5) is 0 Å². The monoisotopic (exact) mass is 208 g/mol. The van der Waals surface area contributed by atoms with Crippen molar-refractivity contribution in [1.29, 1.82) is 0 Å². The second-order valence-corrected chi connectivity index (χ2v) is 3.99. The van der Waals surface area contributed by atoms with Gasteiger partial charge < -0.3 is 10.2 Å². The van der Waals surface area contributed by atoms with E-state index in [4.69, 9.17) is 0 Å². The summed E-state index contributed by atoms with van der Waals surface area (Å²) in [4.78, 5) is 0. The Kier molecular flexibility index (Phi) is 4.01. The van der Waals surface area contributed by atoms with Crippen molar-refractivity contribution in [2.75, 3.05) is 0 Å². The summed E-state index contributed by atoms with van der Waals surface area (Å²) in [5.74, 6) is 0.148. The van der Waals surface area contributed by atoms with Crippen LogP contribution in [0.25, 0.3) is 0 Å². The number of phenols is 2. The lowest BCUT2D eigenvalue weighted by molar-refractivity contribution is 0.394. The van der Waals surface area contributed by atoms with Gasteiger partial charge in [-0.15, -0.1) is 0 Å². The number of hydrogen-bond acceptors (Lipinski definition) is 2. The fraction of sp³-hybridized carbons (Fsp3) is 0.538. The molecule has 0 saturated heterocycles. The predicted molar refractivity (Wildman–Crippen MR) is 62.5 cm³/mol. The van der Waals surface area contributed by atoms with Crippen molar-refractivity contribution in [2.45, 2.75) is 46.5 Å². The molecular formula is C13H20O2. The van der Waals surface area contributed by atoms with Gasteiger partial charge in [-0.25, -0.2) is 0 Å². The molecule has 2 N–H and O–H groups in total. The maximum absolute atomic E-state index is 9.87. The summed E-state index contributed by atoms with van der Waals surface area (Å²) in [7, 11) is 0. The Morgan fingerprint density at radius 1 is 1.13 bits per heavy atom. The molecule has 15 heavy (non-hydrogen) atoms. The van der Waals surface area contributed by atoms with Gasteiger partial charge in [0.15, 0.2) is 11.5 Å². The molecule has 2 nitrogen and oxygen atoms in total. The van der Waals surface area contributed by atoms with Crippen molar-refractivity contribution in [1.82, 2.24) is 0 Å². The first-order valence-electron chi connectivity index (χ1n) is 5.65. The van der Waals surface area contributed by atoms with Gasteiger partial charge in [-0.3, -0.25) is 0 Å². The van der Waals surface area contributed by atoms with E-state index in [1.807, 2.05) is 19.9 Å². The average molecular weight is 208 g/mol. The fourth-order valence-corrected chi connectivity index (χ4v) is 1.84. The first-order valence-corrected chi connectivity index (χ1v) is 5.65. The van der Waals surface area contributed by atoms with E-state index in [2.05, 4.69) is 6.92 Å². The molecule has 0 atom stereocenters. The van der Waals surface area contributed by atoms with E-state index in [0.29, 0.717) is 0 Å². The minimum atomic E-state index is 0.0641. The summed E-state index contributed by atoms with van der Waals surface area (Å²) in [5, 5.41) is 19.6. The summed E-state index contributed by atoms with van der Waals surface area (Å²) in [6.07, 6.45) is 3.72. The number of aromatic hydroxyl groups is 2. The molecule has 0 fully saturated rings. The normalized spacial score (nSPS) is 10.6. The van der Waals surface area contributed by atoms with Gasteiger partial charge in [0.05, 0.1) is 0 Å². The molecule has 0 amide bonds. The number of aryl methyl sites for hydroxylation is 2. The third-order valence-electron chi connectivity index (χ3n) is 2.84. The minimum Gasteiger partial charge on any atom is -0.504 e. The molecule has 0 aromatic heterocycles. The Morgan fingerprint density at radius 2 is 1.80 bits per heavy atom. The fourth-order valence-electron chi connectivity index (χ4n) is 1.84. The van der Waals surface area contributed by atoms with Gasteiger partial charge >= 0.3 is 0 Å². The molecule has 0 aliphatic heterocycles. The van der Waals surface area contributed by atoms with Gasteiger partial charge in [0.2, 0.25) is 0 Å². The summed E-state index contributed by atoms with van der Waals surface area (Å²) >= 11 is 0.